The van der Waals surface area contributed by atoms with Crippen LogP contribution in [0.4, 0.5) is 0 Å². The van der Waals surface area contributed by atoms with Gasteiger partial charge in [-0.05, 0) is 18.4 Å². The van der Waals surface area contributed by atoms with Crippen LogP contribution in [0.3, 0.4) is 0 Å². The number of carbonyl (C=O) groups excluding carboxylic acids is 1. The van der Waals surface area contributed by atoms with Gasteiger partial charge in [0.25, 0.3) is 0 Å². The van der Waals surface area contributed by atoms with Crippen molar-refractivity contribution < 1.29 is 9.90 Å². The van der Waals surface area contributed by atoms with Gasteiger partial charge in [0, 0.05) is 19.2 Å². The van der Waals surface area contributed by atoms with E-state index in [4.69, 9.17) is 5.11 Å². The number of nitrogens with zero attached hydrogens (tertiary/aromatic N) is 1. The summed E-state index contributed by atoms with van der Waals surface area (Å²) in [5.41, 5.74) is 1.15. The van der Waals surface area contributed by atoms with Crippen LogP contribution in [-0.2, 0) is 11.3 Å². The largest absolute Gasteiger partial charge is 0.396 e. The summed E-state index contributed by atoms with van der Waals surface area (Å²) in [5, 5.41) is 9.05. The molecule has 0 saturated carbocycles. The molecular weight excluding hydrogens is 214 g/mol. The Balaban J connectivity index is 2.03. The molecule has 1 N–H and O–H groups in total. The van der Waals surface area contributed by atoms with Gasteiger partial charge in [-0.2, -0.15) is 0 Å². The fourth-order valence-electron chi connectivity index (χ4n) is 2.59. The van der Waals surface area contributed by atoms with Crippen molar-refractivity contribution in [1.82, 2.24) is 4.90 Å². The van der Waals surface area contributed by atoms with E-state index in [1.165, 1.54) is 0 Å². The maximum absolute atomic E-state index is 11.9. The van der Waals surface area contributed by atoms with Crippen molar-refractivity contribution in [1.29, 1.82) is 0 Å². The number of amides is 1. The molecule has 0 aromatic heterocycles. The van der Waals surface area contributed by atoms with E-state index >= 15 is 0 Å². The summed E-state index contributed by atoms with van der Waals surface area (Å²) in [6.45, 7) is 2.85. The lowest BCUT2D eigenvalue weighted by atomic mass is 9.83. The fourth-order valence-corrected chi connectivity index (χ4v) is 2.59. The number of carbonyl (C=O) groups is 1. The number of hydrogen-bond donors (Lipinski definition) is 1. The molecule has 1 aromatic carbocycles. The van der Waals surface area contributed by atoms with Gasteiger partial charge in [-0.3, -0.25) is 4.79 Å². The SMILES string of the molecule is CC[C@@H]1C(=O)N(Cc2ccccc2)[C@@H]1CCO. The van der Waals surface area contributed by atoms with E-state index in [-0.39, 0.29) is 24.5 Å². The maximum Gasteiger partial charge on any atom is 0.228 e. The number of likely N-dealkylation sites (tertiary alicyclic amines) is 1. The molecular formula is C14H19NO2. The first-order valence-corrected chi connectivity index (χ1v) is 6.23. The van der Waals surface area contributed by atoms with Crippen molar-refractivity contribution in [3.63, 3.8) is 0 Å². The van der Waals surface area contributed by atoms with Crippen molar-refractivity contribution in [3.05, 3.63) is 35.9 Å². The summed E-state index contributed by atoms with van der Waals surface area (Å²) in [5.74, 6) is 0.348. The summed E-state index contributed by atoms with van der Waals surface area (Å²) < 4.78 is 0. The topological polar surface area (TPSA) is 40.5 Å². The Morgan fingerprint density at radius 3 is 2.59 bits per heavy atom. The van der Waals surface area contributed by atoms with Crippen molar-refractivity contribution in [2.24, 2.45) is 5.92 Å². The van der Waals surface area contributed by atoms with Gasteiger partial charge in [-0.1, -0.05) is 37.3 Å². The van der Waals surface area contributed by atoms with Crippen molar-refractivity contribution >= 4 is 5.91 Å². The lowest BCUT2D eigenvalue weighted by molar-refractivity contribution is -0.158. The molecule has 0 spiro atoms. The minimum atomic E-state index is 0.117. The predicted octanol–water partition coefficient (Wildman–Crippen LogP) is 1.81. The van der Waals surface area contributed by atoms with Gasteiger partial charge in [0.05, 0.1) is 5.92 Å². The van der Waals surface area contributed by atoms with E-state index in [1.807, 2.05) is 42.2 Å². The smallest absolute Gasteiger partial charge is 0.228 e. The third-order valence-corrected chi connectivity index (χ3v) is 3.53. The number of β-lactam (4-membered cyclic amide) rings is 1. The molecule has 0 unspecified atom stereocenters. The van der Waals surface area contributed by atoms with E-state index in [9.17, 15) is 4.79 Å². The minimum absolute atomic E-state index is 0.117. The highest BCUT2D eigenvalue weighted by Gasteiger charge is 2.44. The van der Waals surface area contributed by atoms with Gasteiger partial charge in [0.2, 0.25) is 5.91 Å². The third-order valence-electron chi connectivity index (χ3n) is 3.53. The first kappa shape index (κ1) is 12.1. The Kier molecular flexibility index (Phi) is 3.79. The molecule has 0 aliphatic carbocycles. The Morgan fingerprint density at radius 1 is 1.29 bits per heavy atom. The number of benzene rings is 1. The van der Waals surface area contributed by atoms with Crippen LogP contribution in [-0.4, -0.2) is 28.6 Å². The molecule has 1 heterocycles. The highest BCUT2D eigenvalue weighted by molar-refractivity contribution is 5.85. The van der Waals surface area contributed by atoms with Gasteiger partial charge in [-0.25, -0.2) is 0 Å². The van der Waals surface area contributed by atoms with Crippen molar-refractivity contribution in [2.45, 2.75) is 32.4 Å². The van der Waals surface area contributed by atoms with E-state index in [1.54, 1.807) is 0 Å². The fraction of sp³-hybridized carbons (Fsp3) is 0.500. The van der Waals surface area contributed by atoms with Crippen LogP contribution in [0.15, 0.2) is 30.3 Å². The highest BCUT2D eigenvalue weighted by atomic mass is 16.3. The van der Waals surface area contributed by atoms with Gasteiger partial charge in [0.1, 0.15) is 0 Å². The number of hydrogen-bond acceptors (Lipinski definition) is 2. The van der Waals surface area contributed by atoms with Crippen molar-refractivity contribution in [2.75, 3.05) is 6.61 Å². The van der Waals surface area contributed by atoms with E-state index < -0.39 is 0 Å². The molecule has 92 valence electrons. The van der Waals surface area contributed by atoms with Gasteiger partial charge in [-0.15, -0.1) is 0 Å². The molecule has 1 fully saturated rings. The molecule has 1 amide bonds. The molecule has 2 rings (SSSR count). The van der Waals surface area contributed by atoms with Gasteiger partial charge < -0.3 is 10.0 Å². The van der Waals surface area contributed by atoms with E-state index in [0.29, 0.717) is 13.0 Å². The van der Waals surface area contributed by atoms with Crippen LogP contribution >= 0.6 is 0 Å². The number of aliphatic hydroxyl groups is 1. The first-order valence-electron chi connectivity index (χ1n) is 6.23. The standard InChI is InChI=1S/C14H19NO2/c1-2-12-13(8-9-16)15(14(12)17)10-11-6-4-3-5-7-11/h3-7,12-13,16H,2,8-10H2,1H3/t12-,13+/m0/s1. The van der Waals surface area contributed by atoms with Crippen LogP contribution in [0.1, 0.15) is 25.3 Å². The van der Waals surface area contributed by atoms with Crippen LogP contribution < -0.4 is 0 Å². The Morgan fingerprint density at radius 2 is 2.00 bits per heavy atom. The van der Waals surface area contributed by atoms with E-state index in [2.05, 4.69) is 0 Å². The highest BCUT2D eigenvalue weighted by Crippen LogP contribution is 2.32. The lowest BCUT2D eigenvalue weighted by Gasteiger charge is -2.47. The zero-order valence-electron chi connectivity index (χ0n) is 10.2. The summed E-state index contributed by atoms with van der Waals surface area (Å²) in [6.07, 6.45) is 1.56. The minimum Gasteiger partial charge on any atom is -0.396 e. The molecule has 1 aliphatic heterocycles. The molecule has 0 bridgehead atoms. The summed E-state index contributed by atoms with van der Waals surface area (Å²) in [4.78, 5) is 13.8. The molecule has 17 heavy (non-hydrogen) atoms. The Bertz CT molecular complexity index is 377. The Hall–Kier alpha value is -1.35. The molecule has 3 heteroatoms. The normalized spacial score (nSPS) is 23.6. The molecule has 1 saturated heterocycles. The third kappa shape index (κ3) is 2.34. The van der Waals surface area contributed by atoms with Gasteiger partial charge >= 0.3 is 0 Å². The average Bonchev–Trinajstić information content (AvgIpc) is 2.37. The molecule has 3 nitrogen and oxygen atoms in total. The molecule has 0 radical (unpaired) electrons. The summed E-state index contributed by atoms with van der Waals surface area (Å²) >= 11 is 0. The van der Waals surface area contributed by atoms with Crippen molar-refractivity contribution in [3.8, 4) is 0 Å². The predicted molar refractivity (Wildman–Crippen MR) is 66.3 cm³/mol. The van der Waals surface area contributed by atoms with E-state index in [0.717, 1.165) is 12.0 Å². The quantitative estimate of drug-likeness (QED) is 0.788. The molecule has 2 atom stereocenters. The number of rotatable bonds is 5. The van der Waals surface area contributed by atoms with Gasteiger partial charge in [0.15, 0.2) is 0 Å². The average molecular weight is 233 g/mol. The zero-order valence-corrected chi connectivity index (χ0v) is 10.2. The summed E-state index contributed by atoms with van der Waals surface area (Å²) in [6, 6.07) is 10.2. The summed E-state index contributed by atoms with van der Waals surface area (Å²) in [7, 11) is 0. The second-order valence-corrected chi connectivity index (χ2v) is 4.55. The van der Waals surface area contributed by atoms with Crippen LogP contribution in [0, 0.1) is 5.92 Å². The second-order valence-electron chi connectivity index (χ2n) is 4.55. The second kappa shape index (κ2) is 5.32. The monoisotopic (exact) mass is 233 g/mol. The molecule has 1 aromatic rings. The Labute approximate surface area is 102 Å². The van der Waals surface area contributed by atoms with Crippen LogP contribution in [0.25, 0.3) is 0 Å². The zero-order chi connectivity index (χ0) is 12.3. The van der Waals surface area contributed by atoms with Crippen LogP contribution in [0.5, 0.6) is 0 Å². The maximum atomic E-state index is 11.9. The lowest BCUT2D eigenvalue weighted by Crippen LogP contribution is -2.60. The number of aliphatic hydroxyl groups excluding tert-OH is 1. The van der Waals surface area contributed by atoms with Crippen LogP contribution in [0.2, 0.25) is 0 Å². The first-order chi connectivity index (χ1) is 8.27. The molecule has 1 aliphatic rings.